The first-order valence-corrected chi connectivity index (χ1v) is 4.79. The van der Waals surface area contributed by atoms with Gasteiger partial charge in [-0.05, 0) is 6.07 Å². The molecule has 0 amide bonds. The summed E-state index contributed by atoms with van der Waals surface area (Å²) in [4.78, 5) is 4.21. The molecule has 0 fully saturated rings. The van der Waals surface area contributed by atoms with Gasteiger partial charge in [-0.2, -0.15) is 0 Å². The van der Waals surface area contributed by atoms with Crippen LogP contribution in [-0.2, 0) is 15.3 Å². The van der Waals surface area contributed by atoms with E-state index in [0.717, 1.165) is 5.56 Å². The van der Waals surface area contributed by atoms with Gasteiger partial charge in [0.1, 0.15) is 18.3 Å². The number of hydrogen-bond acceptors (Lipinski definition) is 5. The lowest BCUT2D eigenvalue weighted by molar-refractivity contribution is -0.0788. The van der Waals surface area contributed by atoms with Gasteiger partial charge in [0.2, 0.25) is 0 Å². The Morgan fingerprint density at radius 1 is 1.31 bits per heavy atom. The van der Waals surface area contributed by atoms with Crippen LogP contribution in [-0.4, -0.2) is 13.3 Å². The molecule has 0 radical (unpaired) electrons. The first-order chi connectivity index (χ1) is 7.75. The van der Waals surface area contributed by atoms with E-state index >= 15 is 0 Å². The molecule has 0 saturated heterocycles. The molecule has 16 heavy (non-hydrogen) atoms. The quantitative estimate of drug-likeness (QED) is 0.728. The van der Waals surface area contributed by atoms with Crippen LogP contribution in [0.1, 0.15) is 5.56 Å². The van der Waals surface area contributed by atoms with Gasteiger partial charge in [0, 0.05) is 6.07 Å². The van der Waals surface area contributed by atoms with Crippen molar-refractivity contribution in [2.75, 3.05) is 12.8 Å². The Balaban J connectivity index is 2.17. The average molecular weight is 218 g/mol. The number of benzene rings is 1. The fraction of sp³-hybridized carbons (Fsp3) is 0.182. The Morgan fingerprint density at radius 2 is 2.06 bits per heavy atom. The summed E-state index contributed by atoms with van der Waals surface area (Å²) in [5.74, 6) is -0.307. The highest BCUT2D eigenvalue weighted by Gasteiger charge is 2.43. The van der Waals surface area contributed by atoms with Crippen molar-refractivity contribution in [2.45, 2.75) is 5.79 Å². The number of methoxy groups -OCH3 is 1. The van der Waals surface area contributed by atoms with Gasteiger partial charge in [0.25, 0.3) is 0 Å². The normalized spacial score (nSPS) is 18.3. The van der Waals surface area contributed by atoms with E-state index in [2.05, 4.69) is 4.99 Å². The predicted octanol–water partition coefficient (Wildman–Crippen LogP) is 1.66. The first kappa shape index (κ1) is 9.08. The fourth-order valence-corrected chi connectivity index (χ4v) is 1.85. The van der Waals surface area contributed by atoms with E-state index in [1.165, 1.54) is 12.5 Å². The van der Waals surface area contributed by atoms with E-state index in [0.29, 0.717) is 17.1 Å². The van der Waals surface area contributed by atoms with Gasteiger partial charge in [-0.3, -0.25) is 0 Å². The summed E-state index contributed by atoms with van der Waals surface area (Å²) >= 11 is 0. The Morgan fingerprint density at radius 3 is 2.75 bits per heavy atom. The summed E-state index contributed by atoms with van der Waals surface area (Å²) in [6.07, 6.45) is 4.56. The Hall–Kier alpha value is -2.17. The largest absolute Gasteiger partial charge is 0.497 e. The van der Waals surface area contributed by atoms with Gasteiger partial charge in [-0.25, -0.2) is 4.99 Å². The smallest absolute Gasteiger partial charge is 0.317 e. The van der Waals surface area contributed by atoms with Gasteiger partial charge in [0.15, 0.2) is 0 Å². The molecule has 5 nitrogen and oxygen atoms in total. The van der Waals surface area contributed by atoms with E-state index in [4.69, 9.17) is 19.9 Å². The van der Waals surface area contributed by atoms with Crippen molar-refractivity contribution >= 4 is 17.6 Å². The number of nitrogens with zero attached hydrogens (tertiary/aromatic N) is 1. The standard InChI is InChI=1S/C11H10N2O3/c1-14-7-4-8-10(9(12)5-7)13-6-11(8)15-2-3-16-11/h2-6H,12H2,1H3. The molecule has 0 aromatic heterocycles. The number of rotatable bonds is 1. The summed E-state index contributed by atoms with van der Waals surface area (Å²) in [7, 11) is 1.58. The van der Waals surface area contributed by atoms with Crippen molar-refractivity contribution in [3.63, 3.8) is 0 Å². The number of aliphatic imine (C=N–C) groups is 1. The third kappa shape index (κ3) is 1.02. The number of nitrogens with two attached hydrogens (primary N) is 1. The first-order valence-electron chi connectivity index (χ1n) is 4.79. The molecule has 0 aliphatic carbocycles. The van der Waals surface area contributed by atoms with Crippen LogP contribution in [0.2, 0.25) is 0 Å². The Labute approximate surface area is 92.1 Å². The van der Waals surface area contributed by atoms with Crippen LogP contribution in [0.4, 0.5) is 11.4 Å². The predicted molar refractivity (Wildman–Crippen MR) is 58.5 cm³/mol. The van der Waals surface area contributed by atoms with Crippen molar-refractivity contribution in [1.29, 1.82) is 0 Å². The molecular formula is C11H10N2O3. The maximum Gasteiger partial charge on any atom is 0.317 e. The highest BCUT2D eigenvalue weighted by atomic mass is 16.7. The van der Waals surface area contributed by atoms with E-state index in [-0.39, 0.29) is 0 Å². The molecule has 82 valence electrons. The molecule has 0 atom stereocenters. The SMILES string of the molecule is COc1cc(N)c2c(c1)C1(C=N2)OC=CO1. The third-order valence-corrected chi connectivity index (χ3v) is 2.63. The van der Waals surface area contributed by atoms with Crippen molar-refractivity contribution in [3.8, 4) is 5.75 Å². The molecule has 2 heterocycles. The number of fused-ring (bicyclic) bond motifs is 2. The number of hydrogen-bond donors (Lipinski definition) is 1. The lowest BCUT2D eigenvalue weighted by Gasteiger charge is -2.21. The van der Waals surface area contributed by atoms with Crippen LogP contribution < -0.4 is 10.5 Å². The molecule has 1 aromatic rings. The van der Waals surface area contributed by atoms with Crippen LogP contribution in [0.3, 0.4) is 0 Å². The van der Waals surface area contributed by atoms with Crippen LogP contribution in [0.15, 0.2) is 29.6 Å². The molecule has 3 rings (SSSR count). The molecule has 0 saturated carbocycles. The zero-order valence-corrected chi connectivity index (χ0v) is 8.64. The summed E-state index contributed by atoms with van der Waals surface area (Å²) in [5, 5.41) is 0. The van der Waals surface area contributed by atoms with Crippen LogP contribution in [0, 0.1) is 0 Å². The van der Waals surface area contributed by atoms with Crippen LogP contribution >= 0.6 is 0 Å². The summed E-state index contributed by atoms with van der Waals surface area (Å²) in [5.41, 5.74) is 7.85. The summed E-state index contributed by atoms with van der Waals surface area (Å²) < 4.78 is 16.0. The highest BCUT2D eigenvalue weighted by Crippen LogP contribution is 2.46. The second-order valence-electron chi connectivity index (χ2n) is 3.55. The second kappa shape index (κ2) is 2.91. The number of anilines is 1. The van der Waals surface area contributed by atoms with E-state index in [1.54, 1.807) is 19.4 Å². The van der Waals surface area contributed by atoms with E-state index in [9.17, 15) is 0 Å². The van der Waals surface area contributed by atoms with Crippen molar-refractivity contribution in [1.82, 2.24) is 0 Å². The maximum absolute atomic E-state index is 5.87. The van der Waals surface area contributed by atoms with E-state index in [1.807, 2.05) is 6.07 Å². The summed E-state index contributed by atoms with van der Waals surface area (Å²) in [6.45, 7) is 0. The average Bonchev–Trinajstić information content (AvgIpc) is 2.89. The van der Waals surface area contributed by atoms with Gasteiger partial charge in [0.05, 0.1) is 30.3 Å². The molecule has 0 bridgehead atoms. The minimum Gasteiger partial charge on any atom is -0.497 e. The molecule has 5 heteroatoms. The summed E-state index contributed by atoms with van der Waals surface area (Å²) in [6, 6.07) is 3.53. The minimum absolute atomic E-state index is 0.543. The zero-order chi connectivity index (χ0) is 11.2. The lowest BCUT2D eigenvalue weighted by atomic mass is 10.1. The maximum atomic E-state index is 5.87. The Kier molecular flexibility index (Phi) is 1.65. The molecular weight excluding hydrogens is 208 g/mol. The molecule has 2 N–H and O–H groups in total. The van der Waals surface area contributed by atoms with Crippen LogP contribution in [0.5, 0.6) is 5.75 Å². The Bertz CT molecular complexity index is 500. The van der Waals surface area contributed by atoms with Crippen molar-refractivity contribution in [2.24, 2.45) is 4.99 Å². The highest BCUT2D eigenvalue weighted by molar-refractivity contribution is 5.88. The van der Waals surface area contributed by atoms with Gasteiger partial charge in [-0.1, -0.05) is 0 Å². The monoisotopic (exact) mass is 218 g/mol. The molecule has 1 aromatic carbocycles. The van der Waals surface area contributed by atoms with Gasteiger partial charge >= 0.3 is 5.79 Å². The molecule has 2 aliphatic rings. The minimum atomic E-state index is -0.960. The second-order valence-corrected chi connectivity index (χ2v) is 3.55. The molecule has 0 unspecified atom stereocenters. The van der Waals surface area contributed by atoms with Crippen molar-refractivity contribution in [3.05, 3.63) is 30.2 Å². The molecule has 1 spiro atoms. The fourth-order valence-electron chi connectivity index (χ4n) is 1.85. The van der Waals surface area contributed by atoms with Crippen LogP contribution in [0.25, 0.3) is 0 Å². The molecule has 2 aliphatic heterocycles. The van der Waals surface area contributed by atoms with E-state index < -0.39 is 5.79 Å². The number of nitrogen functional groups attached to an aromatic ring is 1. The topological polar surface area (TPSA) is 66.1 Å². The van der Waals surface area contributed by atoms with Gasteiger partial charge < -0.3 is 19.9 Å². The van der Waals surface area contributed by atoms with Gasteiger partial charge in [-0.15, -0.1) is 0 Å². The lowest BCUT2D eigenvalue weighted by Crippen LogP contribution is -2.26. The zero-order valence-electron chi connectivity index (χ0n) is 8.64. The number of ether oxygens (including phenoxy) is 3. The third-order valence-electron chi connectivity index (χ3n) is 2.63. The van der Waals surface area contributed by atoms with Crippen molar-refractivity contribution < 1.29 is 14.2 Å².